The number of hydrogen-bond donors (Lipinski definition) is 0. The first-order valence-corrected chi connectivity index (χ1v) is 11.5. The van der Waals surface area contributed by atoms with Crippen molar-refractivity contribution in [3.63, 3.8) is 0 Å². The number of hydrogen-bond acceptors (Lipinski definition) is 6. The lowest BCUT2D eigenvalue weighted by molar-refractivity contribution is -0.134. The smallest absolute Gasteiger partial charge is 0.239 e. The van der Waals surface area contributed by atoms with Gasteiger partial charge in [0, 0.05) is 47.2 Å². The summed E-state index contributed by atoms with van der Waals surface area (Å²) in [6.07, 6.45) is 2.51. The molecule has 2 saturated heterocycles. The Morgan fingerprint density at radius 3 is 2.44 bits per heavy atom. The number of benzene rings is 1. The van der Waals surface area contributed by atoms with Gasteiger partial charge in [-0.25, -0.2) is 0 Å². The predicted octanol–water partition coefficient (Wildman–Crippen LogP) is 2.15. The molecule has 1 aromatic rings. The summed E-state index contributed by atoms with van der Waals surface area (Å²) in [5.74, 6) is 1.64. The highest BCUT2D eigenvalue weighted by atomic mass is 16.5. The van der Waals surface area contributed by atoms with Gasteiger partial charge in [0.25, 0.3) is 0 Å². The fourth-order valence-corrected chi connectivity index (χ4v) is 4.59. The fourth-order valence-electron chi connectivity index (χ4n) is 4.59. The van der Waals surface area contributed by atoms with Gasteiger partial charge in [0.05, 0.1) is 32.0 Å². The molecule has 0 aromatic heterocycles. The zero-order valence-electron chi connectivity index (χ0n) is 20.0. The Morgan fingerprint density at radius 2 is 1.84 bits per heavy atom. The maximum Gasteiger partial charge on any atom is 0.239 e. The summed E-state index contributed by atoms with van der Waals surface area (Å²) in [5, 5.41) is 0. The topological polar surface area (TPSA) is 71.6 Å². The van der Waals surface area contributed by atoms with E-state index in [1.54, 1.807) is 33.0 Å². The van der Waals surface area contributed by atoms with Crippen LogP contribution in [0.25, 0.3) is 0 Å². The summed E-state index contributed by atoms with van der Waals surface area (Å²) in [4.78, 5) is 30.2. The van der Waals surface area contributed by atoms with Crippen LogP contribution in [0.1, 0.15) is 38.7 Å². The summed E-state index contributed by atoms with van der Waals surface area (Å²) in [7, 11) is 5.23. The highest BCUT2D eigenvalue weighted by Crippen LogP contribution is 2.31. The molecule has 1 aromatic carbocycles. The van der Waals surface area contributed by atoms with Crippen LogP contribution in [-0.4, -0.2) is 92.2 Å². The Balaban J connectivity index is 1.67. The second-order valence-corrected chi connectivity index (χ2v) is 8.80. The van der Waals surface area contributed by atoms with Gasteiger partial charge in [-0.3, -0.25) is 14.5 Å². The van der Waals surface area contributed by atoms with Gasteiger partial charge in [-0.15, -0.1) is 0 Å². The molecule has 8 nitrogen and oxygen atoms in total. The van der Waals surface area contributed by atoms with Crippen LogP contribution in [0.3, 0.4) is 0 Å². The highest BCUT2D eigenvalue weighted by Gasteiger charge is 2.39. The van der Waals surface area contributed by atoms with Gasteiger partial charge in [0.1, 0.15) is 0 Å². The molecule has 0 radical (unpaired) electrons. The molecule has 2 atom stereocenters. The maximum absolute atomic E-state index is 12.9. The molecule has 2 aliphatic rings. The Bertz CT molecular complexity index is 792. The molecule has 2 aliphatic heterocycles. The number of likely N-dealkylation sites (tertiary alicyclic amines) is 2. The lowest BCUT2D eigenvalue weighted by Crippen LogP contribution is -2.42. The van der Waals surface area contributed by atoms with Gasteiger partial charge >= 0.3 is 0 Å². The van der Waals surface area contributed by atoms with Crippen molar-refractivity contribution in [2.24, 2.45) is 0 Å². The highest BCUT2D eigenvalue weighted by molar-refractivity contribution is 5.81. The minimum atomic E-state index is -0.218. The molecule has 0 spiro atoms. The first kappa shape index (κ1) is 24.3. The zero-order valence-corrected chi connectivity index (χ0v) is 20.0. The molecule has 2 amide bonds. The lowest BCUT2D eigenvalue weighted by atomic mass is 10.1. The number of piperidine rings is 1. The maximum atomic E-state index is 12.9. The van der Waals surface area contributed by atoms with Crippen LogP contribution < -0.4 is 9.47 Å². The van der Waals surface area contributed by atoms with Crippen LogP contribution in [0.15, 0.2) is 18.2 Å². The number of methoxy groups -OCH3 is 1. The molecule has 0 bridgehead atoms. The van der Waals surface area contributed by atoms with Gasteiger partial charge < -0.3 is 24.0 Å². The lowest BCUT2D eigenvalue weighted by Gasteiger charge is -2.32. The van der Waals surface area contributed by atoms with E-state index in [0.29, 0.717) is 31.9 Å². The van der Waals surface area contributed by atoms with Crippen molar-refractivity contribution >= 4 is 11.8 Å². The molecule has 2 fully saturated rings. The number of rotatable bonds is 8. The van der Waals surface area contributed by atoms with Crippen molar-refractivity contribution in [2.45, 2.75) is 57.9 Å². The minimum absolute atomic E-state index is 0.00220. The Morgan fingerprint density at radius 1 is 1.12 bits per heavy atom. The van der Waals surface area contributed by atoms with Gasteiger partial charge in [0.15, 0.2) is 11.5 Å². The van der Waals surface area contributed by atoms with Crippen molar-refractivity contribution in [2.75, 3.05) is 47.4 Å². The minimum Gasteiger partial charge on any atom is -0.493 e. The van der Waals surface area contributed by atoms with E-state index < -0.39 is 0 Å². The predicted molar refractivity (Wildman–Crippen MR) is 122 cm³/mol. The van der Waals surface area contributed by atoms with Crippen LogP contribution >= 0.6 is 0 Å². The van der Waals surface area contributed by atoms with Crippen molar-refractivity contribution in [1.29, 1.82) is 0 Å². The standard InChI is InChI=1S/C24H37N3O5/c1-6-31-22-8-7-18(13-23(22)30-5)15-27-16-20(14-21(27)24(29)25(3)4)32-19-9-11-26(12-10-19)17(2)28/h7-8,13,19-21H,6,9-12,14-16H2,1-5H3/t20-,21-/m0/s1. The zero-order chi connectivity index (χ0) is 23.3. The average molecular weight is 448 g/mol. The number of amides is 2. The van der Waals surface area contributed by atoms with Gasteiger partial charge in [-0.2, -0.15) is 0 Å². The summed E-state index contributed by atoms with van der Waals surface area (Å²) in [5.41, 5.74) is 1.07. The van der Waals surface area contributed by atoms with Gasteiger partial charge in [0.2, 0.25) is 11.8 Å². The van der Waals surface area contributed by atoms with Crippen LogP contribution in [-0.2, 0) is 20.9 Å². The van der Waals surface area contributed by atoms with Gasteiger partial charge in [-0.05, 0) is 43.9 Å². The van der Waals surface area contributed by atoms with Crippen LogP contribution in [0.4, 0.5) is 0 Å². The normalized spacial score (nSPS) is 22.1. The van der Waals surface area contributed by atoms with Crippen LogP contribution in [0.5, 0.6) is 11.5 Å². The van der Waals surface area contributed by atoms with E-state index in [2.05, 4.69) is 4.90 Å². The SMILES string of the molecule is CCOc1ccc(CN2C[C@@H](OC3CCN(C(C)=O)CC3)C[C@H]2C(=O)N(C)C)cc1OC. The van der Waals surface area contributed by atoms with Crippen molar-refractivity contribution in [1.82, 2.24) is 14.7 Å². The summed E-state index contributed by atoms with van der Waals surface area (Å²) in [6, 6.07) is 5.71. The monoisotopic (exact) mass is 447 g/mol. The summed E-state index contributed by atoms with van der Waals surface area (Å²) < 4.78 is 17.5. The molecule has 0 unspecified atom stereocenters. The van der Waals surface area contributed by atoms with E-state index in [1.807, 2.05) is 30.0 Å². The number of carbonyl (C=O) groups is 2. The van der Waals surface area contributed by atoms with Crippen LogP contribution in [0, 0.1) is 0 Å². The van der Waals surface area contributed by atoms with E-state index in [4.69, 9.17) is 14.2 Å². The van der Waals surface area contributed by atoms with Gasteiger partial charge in [-0.1, -0.05) is 6.07 Å². The molecule has 0 aliphatic carbocycles. The van der Waals surface area contributed by atoms with Crippen molar-refractivity contribution in [3.8, 4) is 11.5 Å². The van der Waals surface area contributed by atoms with Crippen molar-refractivity contribution in [3.05, 3.63) is 23.8 Å². The Kier molecular flexibility index (Phi) is 8.37. The number of carbonyl (C=O) groups excluding carboxylic acids is 2. The van der Waals surface area contributed by atoms with Crippen LogP contribution in [0.2, 0.25) is 0 Å². The molecule has 0 saturated carbocycles. The van der Waals surface area contributed by atoms with Crippen molar-refractivity contribution < 1.29 is 23.8 Å². The Hall–Kier alpha value is -2.32. The third-order valence-electron chi connectivity index (χ3n) is 6.28. The summed E-state index contributed by atoms with van der Waals surface area (Å²) in [6.45, 7) is 6.95. The van der Waals surface area contributed by atoms with E-state index in [0.717, 1.165) is 37.2 Å². The van der Waals surface area contributed by atoms with E-state index in [9.17, 15) is 9.59 Å². The molecular weight excluding hydrogens is 410 g/mol. The quantitative estimate of drug-likeness (QED) is 0.608. The largest absolute Gasteiger partial charge is 0.493 e. The van der Waals surface area contributed by atoms with E-state index in [-0.39, 0.29) is 30.1 Å². The summed E-state index contributed by atoms with van der Waals surface area (Å²) >= 11 is 0. The molecule has 8 heteroatoms. The molecule has 2 heterocycles. The molecular formula is C24H37N3O5. The first-order valence-electron chi connectivity index (χ1n) is 11.5. The third-order valence-corrected chi connectivity index (χ3v) is 6.28. The average Bonchev–Trinajstić information content (AvgIpc) is 3.16. The molecule has 178 valence electrons. The fraction of sp³-hybridized carbons (Fsp3) is 0.667. The second kappa shape index (κ2) is 11.0. The molecule has 32 heavy (non-hydrogen) atoms. The van der Waals surface area contributed by atoms with E-state index in [1.165, 1.54) is 0 Å². The first-order chi connectivity index (χ1) is 15.3. The molecule has 0 N–H and O–H groups in total. The number of likely N-dealkylation sites (N-methyl/N-ethyl adjacent to an activating group) is 1. The third kappa shape index (κ3) is 5.92. The Labute approximate surface area is 191 Å². The molecule has 3 rings (SSSR count). The van der Waals surface area contributed by atoms with E-state index >= 15 is 0 Å². The second-order valence-electron chi connectivity index (χ2n) is 8.80. The number of ether oxygens (including phenoxy) is 3. The number of nitrogens with zero attached hydrogens (tertiary/aromatic N) is 3.